The van der Waals surface area contributed by atoms with E-state index in [1.54, 1.807) is 0 Å². The Hall–Kier alpha value is -1.92. The van der Waals surface area contributed by atoms with Gasteiger partial charge in [-0.05, 0) is 31.5 Å². The Morgan fingerprint density at radius 3 is 1.76 bits per heavy atom. The molecule has 0 bridgehead atoms. The number of carbonyl (C=O) groups excluding carboxylic acids is 2. The summed E-state index contributed by atoms with van der Waals surface area (Å²) in [4.78, 5) is 25.1. The van der Waals surface area contributed by atoms with Gasteiger partial charge in [-0.3, -0.25) is 9.59 Å². The lowest BCUT2D eigenvalue weighted by Crippen LogP contribution is -2.50. The smallest absolute Gasteiger partial charge is 0.242 e. The zero-order valence-electron chi connectivity index (χ0n) is 24.4. The van der Waals surface area contributed by atoms with E-state index in [2.05, 4.69) is 22.9 Å². The number of unbranched alkanes of at least 4 members (excludes halogenated alkanes) is 15. The van der Waals surface area contributed by atoms with E-state index in [0.717, 1.165) is 24.9 Å². The number of rotatable bonds is 26. The molecule has 0 aliphatic carbocycles. The van der Waals surface area contributed by atoms with E-state index in [1.165, 1.54) is 96.3 Å². The highest BCUT2D eigenvalue weighted by molar-refractivity contribution is 5.88. The van der Waals surface area contributed by atoms with Crippen LogP contribution in [0.25, 0.3) is 0 Å². The van der Waals surface area contributed by atoms with Gasteiger partial charge in [0.1, 0.15) is 6.04 Å². The highest BCUT2D eigenvalue weighted by Gasteiger charge is 2.20. The third-order valence-corrected chi connectivity index (χ3v) is 7.11. The molecular formula is C32H58N4O2. The van der Waals surface area contributed by atoms with Gasteiger partial charge in [0.2, 0.25) is 11.8 Å². The summed E-state index contributed by atoms with van der Waals surface area (Å²) in [5, 5.41) is 9.02. The quantitative estimate of drug-likeness (QED) is 0.110. The summed E-state index contributed by atoms with van der Waals surface area (Å²) < 4.78 is 0. The highest BCUT2D eigenvalue weighted by Crippen LogP contribution is 2.13. The van der Waals surface area contributed by atoms with Gasteiger partial charge in [0.25, 0.3) is 0 Å². The number of carbonyl (C=O) groups is 2. The number of hydrogen-bond acceptors (Lipinski definition) is 4. The molecule has 38 heavy (non-hydrogen) atoms. The Balaban J connectivity index is 2.03. The van der Waals surface area contributed by atoms with Gasteiger partial charge >= 0.3 is 0 Å². The average molecular weight is 531 g/mol. The van der Waals surface area contributed by atoms with Gasteiger partial charge in [-0.25, -0.2) is 0 Å². The summed E-state index contributed by atoms with van der Waals surface area (Å²) in [6.07, 6.45) is 22.9. The van der Waals surface area contributed by atoms with E-state index in [-0.39, 0.29) is 18.4 Å². The summed E-state index contributed by atoms with van der Waals surface area (Å²) in [5.74, 6) is -0.301. The van der Waals surface area contributed by atoms with Crippen molar-refractivity contribution in [3.8, 4) is 0 Å². The lowest BCUT2D eigenvalue weighted by Gasteiger charge is -2.19. The van der Waals surface area contributed by atoms with Crippen molar-refractivity contribution in [1.82, 2.24) is 16.0 Å². The fourth-order valence-electron chi connectivity index (χ4n) is 4.74. The van der Waals surface area contributed by atoms with E-state index in [0.29, 0.717) is 19.5 Å². The SMILES string of the molecule is CCCCCCCCCCCCCCCCCCNCC(=O)N[C@@H](Cc1ccccc1)C(=O)NCCCN. The van der Waals surface area contributed by atoms with Crippen LogP contribution in [0.15, 0.2) is 30.3 Å². The van der Waals surface area contributed by atoms with Crippen LogP contribution in [0.3, 0.4) is 0 Å². The van der Waals surface area contributed by atoms with Gasteiger partial charge < -0.3 is 21.7 Å². The molecule has 5 N–H and O–H groups in total. The molecule has 0 aliphatic heterocycles. The van der Waals surface area contributed by atoms with Crippen LogP contribution in [0.1, 0.15) is 122 Å². The van der Waals surface area contributed by atoms with Crippen LogP contribution in [0.4, 0.5) is 0 Å². The predicted octanol–water partition coefficient (Wildman–Crippen LogP) is 6.03. The maximum absolute atomic E-state index is 12.6. The monoisotopic (exact) mass is 530 g/mol. The second-order valence-corrected chi connectivity index (χ2v) is 10.7. The Morgan fingerprint density at radius 1 is 0.711 bits per heavy atom. The molecule has 218 valence electrons. The minimum Gasteiger partial charge on any atom is -0.354 e. The molecule has 1 rings (SSSR count). The van der Waals surface area contributed by atoms with E-state index in [1.807, 2.05) is 30.3 Å². The maximum Gasteiger partial charge on any atom is 0.242 e. The molecule has 1 aromatic rings. The molecule has 0 radical (unpaired) electrons. The second-order valence-electron chi connectivity index (χ2n) is 10.7. The summed E-state index contributed by atoms with van der Waals surface area (Å²) in [6, 6.07) is 9.20. The van der Waals surface area contributed by atoms with Crippen LogP contribution in [0, 0.1) is 0 Å². The summed E-state index contributed by atoms with van der Waals surface area (Å²) in [7, 11) is 0. The molecule has 6 heteroatoms. The van der Waals surface area contributed by atoms with Crippen molar-refractivity contribution in [3.05, 3.63) is 35.9 Å². The summed E-state index contributed by atoms with van der Waals surface area (Å²) in [6.45, 7) is 4.40. The topological polar surface area (TPSA) is 96.2 Å². The molecule has 0 fully saturated rings. The molecule has 1 aromatic carbocycles. The largest absolute Gasteiger partial charge is 0.354 e. The zero-order chi connectivity index (χ0) is 27.5. The van der Waals surface area contributed by atoms with E-state index in [9.17, 15) is 9.59 Å². The molecule has 0 aromatic heterocycles. The van der Waals surface area contributed by atoms with E-state index < -0.39 is 6.04 Å². The minimum atomic E-state index is -0.583. The van der Waals surface area contributed by atoms with Crippen molar-refractivity contribution in [1.29, 1.82) is 0 Å². The van der Waals surface area contributed by atoms with Crippen LogP contribution >= 0.6 is 0 Å². The number of benzene rings is 1. The Labute approximate surface area is 233 Å². The van der Waals surface area contributed by atoms with Crippen molar-refractivity contribution in [2.24, 2.45) is 5.73 Å². The predicted molar refractivity (Wildman–Crippen MR) is 161 cm³/mol. The Kier molecular flexibility index (Phi) is 22.8. The molecule has 1 atom stereocenters. The average Bonchev–Trinajstić information content (AvgIpc) is 2.92. The van der Waals surface area contributed by atoms with Crippen LogP contribution in [-0.2, 0) is 16.0 Å². The Morgan fingerprint density at radius 2 is 1.24 bits per heavy atom. The van der Waals surface area contributed by atoms with Crippen molar-refractivity contribution in [2.45, 2.75) is 129 Å². The lowest BCUT2D eigenvalue weighted by molar-refractivity contribution is -0.128. The normalized spacial score (nSPS) is 11.8. The number of hydrogen-bond donors (Lipinski definition) is 4. The number of amides is 2. The first kappa shape index (κ1) is 34.1. The first-order valence-corrected chi connectivity index (χ1v) is 15.7. The number of nitrogens with one attached hydrogen (secondary N) is 3. The first-order chi connectivity index (χ1) is 18.7. The van der Waals surface area contributed by atoms with Crippen LogP contribution in [0.5, 0.6) is 0 Å². The Bertz CT molecular complexity index is 683. The summed E-state index contributed by atoms with van der Waals surface area (Å²) in [5.41, 5.74) is 6.54. The van der Waals surface area contributed by atoms with Gasteiger partial charge in [0.15, 0.2) is 0 Å². The summed E-state index contributed by atoms with van der Waals surface area (Å²) >= 11 is 0. The number of nitrogens with two attached hydrogens (primary N) is 1. The van der Waals surface area contributed by atoms with Gasteiger partial charge in [0, 0.05) is 13.0 Å². The fourth-order valence-corrected chi connectivity index (χ4v) is 4.74. The van der Waals surface area contributed by atoms with Crippen LogP contribution in [-0.4, -0.2) is 44.0 Å². The molecule has 0 heterocycles. The van der Waals surface area contributed by atoms with Crippen LogP contribution in [0.2, 0.25) is 0 Å². The third kappa shape index (κ3) is 20.1. The molecule has 0 saturated carbocycles. The molecule has 0 spiro atoms. The third-order valence-electron chi connectivity index (χ3n) is 7.11. The zero-order valence-corrected chi connectivity index (χ0v) is 24.4. The van der Waals surface area contributed by atoms with E-state index >= 15 is 0 Å². The van der Waals surface area contributed by atoms with Crippen molar-refractivity contribution in [2.75, 3.05) is 26.2 Å². The second kappa shape index (κ2) is 25.4. The van der Waals surface area contributed by atoms with E-state index in [4.69, 9.17) is 5.73 Å². The highest BCUT2D eigenvalue weighted by atomic mass is 16.2. The standard InChI is InChI=1S/C32H58N4O2/c1-2-3-4-5-6-7-8-9-10-11-12-13-14-15-16-20-25-34-28-31(37)36-30(32(38)35-26-21-24-33)27-29-22-18-17-19-23-29/h17-19,22-23,30,34H,2-16,20-21,24-28,33H2,1H3,(H,35,38)(H,36,37)/t30-/m0/s1. The van der Waals surface area contributed by atoms with Gasteiger partial charge in [-0.2, -0.15) is 0 Å². The molecule has 0 aliphatic rings. The molecular weight excluding hydrogens is 472 g/mol. The fraction of sp³-hybridized carbons (Fsp3) is 0.750. The van der Waals surface area contributed by atoms with Gasteiger partial charge in [-0.1, -0.05) is 134 Å². The molecule has 2 amide bonds. The molecule has 6 nitrogen and oxygen atoms in total. The van der Waals surface area contributed by atoms with Gasteiger partial charge in [0.05, 0.1) is 6.54 Å². The minimum absolute atomic E-state index is 0.142. The molecule has 0 saturated heterocycles. The van der Waals surface area contributed by atoms with Gasteiger partial charge in [-0.15, -0.1) is 0 Å². The molecule has 0 unspecified atom stereocenters. The van der Waals surface area contributed by atoms with Crippen molar-refractivity contribution < 1.29 is 9.59 Å². The lowest BCUT2D eigenvalue weighted by atomic mass is 10.0. The van der Waals surface area contributed by atoms with Crippen LogP contribution < -0.4 is 21.7 Å². The maximum atomic E-state index is 12.6. The van der Waals surface area contributed by atoms with Crippen molar-refractivity contribution >= 4 is 11.8 Å². The van der Waals surface area contributed by atoms with Crippen molar-refractivity contribution in [3.63, 3.8) is 0 Å². The first-order valence-electron chi connectivity index (χ1n) is 15.7.